The van der Waals surface area contributed by atoms with Crippen molar-refractivity contribution in [3.05, 3.63) is 47.8 Å². The second-order valence-electron chi connectivity index (χ2n) is 4.05. The molecule has 0 saturated heterocycles. The summed E-state index contributed by atoms with van der Waals surface area (Å²) in [6, 6.07) is 10.0. The average molecular weight is 227 g/mol. The molecule has 0 unspecified atom stereocenters. The van der Waals surface area contributed by atoms with E-state index in [-0.39, 0.29) is 0 Å². The number of pyridine rings is 2. The lowest BCUT2D eigenvalue weighted by molar-refractivity contribution is 0.916. The number of hydrogen-bond acceptors (Lipinski definition) is 3. The predicted octanol–water partition coefficient (Wildman–Crippen LogP) is 3.48. The third kappa shape index (κ3) is 3.03. The second kappa shape index (κ2) is 5.43. The summed E-state index contributed by atoms with van der Waals surface area (Å²) in [7, 11) is 0. The van der Waals surface area contributed by atoms with Gasteiger partial charge in [-0.25, -0.2) is 9.97 Å². The van der Waals surface area contributed by atoms with Crippen molar-refractivity contribution in [2.75, 3.05) is 5.32 Å². The van der Waals surface area contributed by atoms with E-state index in [1.165, 1.54) is 5.56 Å². The molecule has 3 nitrogen and oxygen atoms in total. The van der Waals surface area contributed by atoms with Crippen LogP contribution in [0.2, 0.25) is 0 Å². The van der Waals surface area contributed by atoms with Gasteiger partial charge in [0.25, 0.3) is 0 Å². The van der Waals surface area contributed by atoms with Gasteiger partial charge in [0, 0.05) is 11.9 Å². The molecule has 0 radical (unpaired) electrons. The minimum atomic E-state index is 0.848. The Morgan fingerprint density at radius 3 is 2.82 bits per heavy atom. The monoisotopic (exact) mass is 227 g/mol. The number of hydrogen-bond donors (Lipinski definition) is 1. The van der Waals surface area contributed by atoms with E-state index in [2.05, 4.69) is 28.3 Å². The van der Waals surface area contributed by atoms with Gasteiger partial charge in [-0.05, 0) is 37.1 Å². The Morgan fingerprint density at radius 1 is 1.18 bits per heavy atom. The van der Waals surface area contributed by atoms with E-state index in [1.807, 2.05) is 31.2 Å². The first-order valence-electron chi connectivity index (χ1n) is 5.94. The standard InChI is InChI=1S/C14H17N3/c1-3-6-12-8-5-10-15-14(12)17-13-9-4-7-11(2)16-13/h4-5,7-10H,3,6H2,1-2H3,(H,15,16,17). The highest BCUT2D eigenvalue weighted by Crippen LogP contribution is 2.18. The van der Waals surface area contributed by atoms with Gasteiger partial charge in [-0.3, -0.25) is 0 Å². The molecule has 2 rings (SSSR count). The van der Waals surface area contributed by atoms with Gasteiger partial charge in [0.15, 0.2) is 0 Å². The van der Waals surface area contributed by atoms with Gasteiger partial charge in [0.2, 0.25) is 0 Å². The summed E-state index contributed by atoms with van der Waals surface area (Å²) in [5.41, 5.74) is 2.24. The molecular weight excluding hydrogens is 210 g/mol. The Bertz CT molecular complexity index is 494. The lowest BCUT2D eigenvalue weighted by Gasteiger charge is -2.09. The highest BCUT2D eigenvalue weighted by molar-refractivity contribution is 5.55. The minimum absolute atomic E-state index is 0.848. The predicted molar refractivity (Wildman–Crippen MR) is 70.5 cm³/mol. The maximum absolute atomic E-state index is 4.42. The van der Waals surface area contributed by atoms with Gasteiger partial charge in [-0.2, -0.15) is 0 Å². The fourth-order valence-corrected chi connectivity index (χ4v) is 1.76. The van der Waals surface area contributed by atoms with Crippen LogP contribution in [0.5, 0.6) is 0 Å². The molecule has 0 fully saturated rings. The van der Waals surface area contributed by atoms with Crippen molar-refractivity contribution in [3.63, 3.8) is 0 Å². The lowest BCUT2D eigenvalue weighted by Crippen LogP contribution is -2.00. The molecule has 0 bridgehead atoms. The molecule has 0 aliphatic heterocycles. The van der Waals surface area contributed by atoms with Crippen LogP contribution >= 0.6 is 0 Å². The third-order valence-electron chi connectivity index (χ3n) is 2.55. The Hall–Kier alpha value is -1.90. The third-order valence-corrected chi connectivity index (χ3v) is 2.55. The summed E-state index contributed by atoms with van der Waals surface area (Å²) in [5.74, 6) is 1.76. The summed E-state index contributed by atoms with van der Waals surface area (Å²) in [6.07, 6.45) is 3.95. The number of nitrogens with one attached hydrogen (secondary N) is 1. The van der Waals surface area contributed by atoms with Crippen molar-refractivity contribution in [2.45, 2.75) is 26.7 Å². The van der Waals surface area contributed by atoms with Crippen molar-refractivity contribution in [3.8, 4) is 0 Å². The number of aryl methyl sites for hydroxylation is 2. The highest BCUT2D eigenvalue weighted by atomic mass is 15.1. The molecule has 0 amide bonds. The molecular formula is C14H17N3. The van der Waals surface area contributed by atoms with Gasteiger partial charge >= 0.3 is 0 Å². The molecule has 2 heterocycles. The van der Waals surface area contributed by atoms with E-state index in [1.54, 1.807) is 6.20 Å². The fraction of sp³-hybridized carbons (Fsp3) is 0.286. The maximum atomic E-state index is 4.42. The number of anilines is 2. The van der Waals surface area contributed by atoms with Gasteiger partial charge in [0.1, 0.15) is 11.6 Å². The van der Waals surface area contributed by atoms with Crippen LogP contribution in [0.25, 0.3) is 0 Å². The molecule has 88 valence electrons. The number of rotatable bonds is 4. The highest BCUT2D eigenvalue weighted by Gasteiger charge is 2.03. The van der Waals surface area contributed by atoms with Crippen molar-refractivity contribution in [1.29, 1.82) is 0 Å². The first-order chi connectivity index (χ1) is 8.29. The molecule has 2 aromatic heterocycles. The molecule has 0 atom stereocenters. The molecule has 17 heavy (non-hydrogen) atoms. The number of aromatic nitrogens is 2. The first kappa shape index (κ1) is 11.6. The van der Waals surface area contributed by atoms with E-state index in [9.17, 15) is 0 Å². The quantitative estimate of drug-likeness (QED) is 0.869. The van der Waals surface area contributed by atoms with Crippen LogP contribution < -0.4 is 5.32 Å². The molecule has 0 aromatic carbocycles. The molecule has 0 spiro atoms. The second-order valence-corrected chi connectivity index (χ2v) is 4.05. The molecule has 1 N–H and O–H groups in total. The normalized spacial score (nSPS) is 10.2. The Labute approximate surface area is 102 Å². The van der Waals surface area contributed by atoms with Crippen LogP contribution in [0.1, 0.15) is 24.6 Å². The van der Waals surface area contributed by atoms with Gasteiger partial charge in [-0.1, -0.05) is 25.5 Å². The maximum Gasteiger partial charge on any atom is 0.134 e. The van der Waals surface area contributed by atoms with Gasteiger partial charge in [0.05, 0.1) is 0 Å². The minimum Gasteiger partial charge on any atom is -0.325 e. The van der Waals surface area contributed by atoms with Crippen molar-refractivity contribution < 1.29 is 0 Å². The van der Waals surface area contributed by atoms with Crippen LogP contribution in [0.15, 0.2) is 36.5 Å². The average Bonchev–Trinajstić information content (AvgIpc) is 2.32. The summed E-state index contributed by atoms with van der Waals surface area (Å²) in [6.45, 7) is 4.15. The zero-order chi connectivity index (χ0) is 12.1. The largest absolute Gasteiger partial charge is 0.325 e. The van der Waals surface area contributed by atoms with Crippen molar-refractivity contribution in [1.82, 2.24) is 9.97 Å². The zero-order valence-corrected chi connectivity index (χ0v) is 10.3. The van der Waals surface area contributed by atoms with E-state index < -0.39 is 0 Å². The topological polar surface area (TPSA) is 37.8 Å². The number of nitrogens with zero attached hydrogens (tertiary/aromatic N) is 2. The molecule has 0 aliphatic rings. The Morgan fingerprint density at radius 2 is 2.06 bits per heavy atom. The zero-order valence-electron chi connectivity index (χ0n) is 10.3. The molecule has 2 aromatic rings. The Kier molecular flexibility index (Phi) is 3.70. The smallest absolute Gasteiger partial charge is 0.134 e. The summed E-state index contributed by atoms with van der Waals surface area (Å²) < 4.78 is 0. The van der Waals surface area contributed by atoms with Crippen LogP contribution in [0.3, 0.4) is 0 Å². The van der Waals surface area contributed by atoms with Crippen LogP contribution in [0.4, 0.5) is 11.6 Å². The van der Waals surface area contributed by atoms with Crippen LogP contribution in [-0.2, 0) is 6.42 Å². The summed E-state index contributed by atoms with van der Waals surface area (Å²) in [5, 5.41) is 3.28. The van der Waals surface area contributed by atoms with Crippen molar-refractivity contribution in [2.24, 2.45) is 0 Å². The fourth-order valence-electron chi connectivity index (χ4n) is 1.76. The van der Waals surface area contributed by atoms with Crippen LogP contribution in [-0.4, -0.2) is 9.97 Å². The Balaban J connectivity index is 2.23. The van der Waals surface area contributed by atoms with Gasteiger partial charge in [-0.15, -0.1) is 0 Å². The van der Waals surface area contributed by atoms with E-state index >= 15 is 0 Å². The summed E-state index contributed by atoms with van der Waals surface area (Å²) >= 11 is 0. The summed E-state index contributed by atoms with van der Waals surface area (Å²) in [4.78, 5) is 8.79. The van der Waals surface area contributed by atoms with Crippen molar-refractivity contribution >= 4 is 11.6 Å². The van der Waals surface area contributed by atoms with E-state index in [0.717, 1.165) is 30.2 Å². The lowest BCUT2D eigenvalue weighted by atomic mass is 10.1. The first-order valence-corrected chi connectivity index (χ1v) is 5.94. The molecule has 0 saturated carbocycles. The van der Waals surface area contributed by atoms with Crippen LogP contribution in [0, 0.1) is 6.92 Å². The van der Waals surface area contributed by atoms with Gasteiger partial charge < -0.3 is 5.32 Å². The molecule has 3 heteroatoms. The van der Waals surface area contributed by atoms with E-state index in [0.29, 0.717) is 0 Å². The molecule has 0 aliphatic carbocycles. The SMILES string of the molecule is CCCc1cccnc1Nc1cccc(C)n1. The van der Waals surface area contributed by atoms with E-state index in [4.69, 9.17) is 0 Å².